The van der Waals surface area contributed by atoms with E-state index in [4.69, 9.17) is 0 Å². The largest absolute Gasteiger partial charge is 0.348 e. The Morgan fingerprint density at radius 2 is 1.89 bits per heavy atom. The molecule has 1 rings (SSSR count). The van der Waals surface area contributed by atoms with Crippen molar-refractivity contribution in [1.29, 1.82) is 0 Å². The van der Waals surface area contributed by atoms with Crippen LogP contribution >= 0.6 is 0 Å². The molecule has 1 aliphatic rings. The Hall–Kier alpha value is -1.36. The Morgan fingerprint density at radius 3 is 2.50 bits per heavy atom. The predicted molar refractivity (Wildman–Crippen MR) is 71.1 cm³/mol. The molecule has 5 nitrogen and oxygen atoms in total. The van der Waals surface area contributed by atoms with Gasteiger partial charge in [-0.3, -0.25) is 14.5 Å². The molecule has 1 fully saturated rings. The van der Waals surface area contributed by atoms with Crippen LogP contribution in [-0.2, 0) is 9.59 Å². The van der Waals surface area contributed by atoms with Crippen molar-refractivity contribution in [2.45, 2.75) is 13.3 Å². The first-order valence-corrected chi connectivity index (χ1v) is 6.38. The molecule has 0 aliphatic carbocycles. The number of amides is 2. The van der Waals surface area contributed by atoms with Gasteiger partial charge >= 0.3 is 0 Å². The molecule has 18 heavy (non-hydrogen) atoms. The molecule has 0 N–H and O–H groups in total. The van der Waals surface area contributed by atoms with E-state index in [1.165, 1.54) is 0 Å². The summed E-state index contributed by atoms with van der Waals surface area (Å²) < 4.78 is 0. The number of allylic oxidation sites excluding steroid dienone is 1. The van der Waals surface area contributed by atoms with E-state index in [0.29, 0.717) is 13.1 Å². The van der Waals surface area contributed by atoms with Crippen molar-refractivity contribution in [3.63, 3.8) is 0 Å². The van der Waals surface area contributed by atoms with Crippen molar-refractivity contribution >= 4 is 11.8 Å². The average molecular weight is 253 g/mol. The molecule has 5 heteroatoms. The molecule has 1 heterocycles. The highest BCUT2D eigenvalue weighted by Crippen LogP contribution is 2.04. The van der Waals surface area contributed by atoms with Crippen molar-refractivity contribution in [3.8, 4) is 0 Å². The van der Waals surface area contributed by atoms with Gasteiger partial charge in [0.05, 0.1) is 6.54 Å². The van der Waals surface area contributed by atoms with E-state index in [0.717, 1.165) is 26.1 Å². The number of nitrogens with zero attached hydrogens (tertiary/aromatic N) is 3. The van der Waals surface area contributed by atoms with Gasteiger partial charge in [-0.05, 0) is 19.4 Å². The molecular formula is C13H23N3O2. The maximum absolute atomic E-state index is 11.7. The number of hydrogen-bond donors (Lipinski definition) is 0. The van der Waals surface area contributed by atoms with Crippen LogP contribution in [0.4, 0.5) is 0 Å². The van der Waals surface area contributed by atoms with Crippen LogP contribution in [0.15, 0.2) is 12.2 Å². The lowest BCUT2D eigenvalue weighted by Crippen LogP contribution is -2.39. The highest BCUT2D eigenvalue weighted by atomic mass is 16.2. The fourth-order valence-electron chi connectivity index (χ4n) is 1.93. The minimum Gasteiger partial charge on any atom is -0.348 e. The second kappa shape index (κ2) is 7.16. The molecule has 0 aromatic carbocycles. The molecule has 0 unspecified atom stereocenters. The lowest BCUT2D eigenvalue weighted by Gasteiger charge is -2.22. The molecule has 0 bridgehead atoms. The first-order valence-electron chi connectivity index (χ1n) is 6.38. The highest BCUT2D eigenvalue weighted by molar-refractivity contribution is 5.87. The molecule has 0 aromatic rings. The minimum absolute atomic E-state index is 0.0679. The van der Waals surface area contributed by atoms with Crippen molar-refractivity contribution in [2.24, 2.45) is 0 Å². The second-order valence-electron chi connectivity index (χ2n) is 4.74. The van der Waals surface area contributed by atoms with E-state index in [-0.39, 0.29) is 11.8 Å². The van der Waals surface area contributed by atoms with E-state index in [9.17, 15) is 9.59 Å². The van der Waals surface area contributed by atoms with Gasteiger partial charge in [-0.1, -0.05) is 6.08 Å². The van der Waals surface area contributed by atoms with Gasteiger partial charge in [0.25, 0.3) is 0 Å². The predicted octanol–water partition coefficient (Wildman–Crippen LogP) is 0.185. The zero-order valence-electron chi connectivity index (χ0n) is 11.6. The maximum Gasteiger partial charge on any atom is 0.246 e. The zero-order valence-corrected chi connectivity index (χ0v) is 11.6. The van der Waals surface area contributed by atoms with Crippen molar-refractivity contribution in [3.05, 3.63) is 12.2 Å². The van der Waals surface area contributed by atoms with Gasteiger partial charge in [-0.2, -0.15) is 0 Å². The minimum atomic E-state index is 0.0679. The molecular weight excluding hydrogens is 230 g/mol. The summed E-state index contributed by atoms with van der Waals surface area (Å²) in [5.41, 5.74) is 0. The number of rotatable bonds is 3. The summed E-state index contributed by atoms with van der Waals surface area (Å²) in [6, 6.07) is 0. The molecule has 1 saturated heterocycles. The average Bonchev–Trinajstić information content (AvgIpc) is 2.55. The third kappa shape index (κ3) is 4.49. The van der Waals surface area contributed by atoms with E-state index in [1.54, 1.807) is 31.1 Å². The van der Waals surface area contributed by atoms with Crippen LogP contribution in [0.5, 0.6) is 0 Å². The second-order valence-corrected chi connectivity index (χ2v) is 4.74. The van der Waals surface area contributed by atoms with Crippen molar-refractivity contribution < 1.29 is 9.59 Å². The van der Waals surface area contributed by atoms with Crippen LogP contribution in [0.3, 0.4) is 0 Å². The Labute approximate surface area is 109 Å². The number of carbonyl (C=O) groups is 2. The van der Waals surface area contributed by atoms with E-state index in [2.05, 4.69) is 4.90 Å². The Bertz CT molecular complexity index is 326. The quantitative estimate of drug-likeness (QED) is 0.674. The van der Waals surface area contributed by atoms with Crippen molar-refractivity contribution in [1.82, 2.24) is 14.7 Å². The Morgan fingerprint density at radius 1 is 1.17 bits per heavy atom. The normalized spacial score (nSPS) is 17.8. The Kier molecular flexibility index (Phi) is 5.85. The topological polar surface area (TPSA) is 43.9 Å². The summed E-state index contributed by atoms with van der Waals surface area (Å²) in [7, 11) is 3.53. The zero-order chi connectivity index (χ0) is 13.5. The molecule has 0 radical (unpaired) electrons. The fourth-order valence-corrected chi connectivity index (χ4v) is 1.93. The first-order chi connectivity index (χ1) is 8.54. The monoisotopic (exact) mass is 253 g/mol. The fraction of sp³-hybridized carbons (Fsp3) is 0.692. The van der Waals surface area contributed by atoms with Crippen LogP contribution in [0, 0.1) is 0 Å². The molecule has 102 valence electrons. The van der Waals surface area contributed by atoms with E-state index < -0.39 is 0 Å². The molecule has 0 spiro atoms. The Balaban J connectivity index is 2.46. The van der Waals surface area contributed by atoms with Crippen molar-refractivity contribution in [2.75, 3.05) is 46.8 Å². The van der Waals surface area contributed by atoms with Gasteiger partial charge in [-0.15, -0.1) is 0 Å². The summed E-state index contributed by atoms with van der Waals surface area (Å²) in [4.78, 5) is 28.9. The molecule has 0 aromatic heterocycles. The maximum atomic E-state index is 11.7. The molecule has 0 saturated carbocycles. The van der Waals surface area contributed by atoms with Gasteiger partial charge < -0.3 is 9.80 Å². The van der Waals surface area contributed by atoms with Gasteiger partial charge in [0.1, 0.15) is 0 Å². The van der Waals surface area contributed by atoms with E-state index in [1.807, 2.05) is 11.8 Å². The standard InChI is InChI=1S/C13H23N3O2/c1-4-6-12(17)16-8-5-7-15(9-10-16)11-13(18)14(2)3/h4,6H,5,7-11H2,1-3H3. The molecule has 1 aliphatic heterocycles. The number of likely N-dealkylation sites (N-methyl/N-ethyl adjacent to an activating group) is 1. The summed E-state index contributed by atoms with van der Waals surface area (Å²) in [6.45, 7) is 5.40. The van der Waals surface area contributed by atoms with E-state index >= 15 is 0 Å². The summed E-state index contributed by atoms with van der Waals surface area (Å²) >= 11 is 0. The highest BCUT2D eigenvalue weighted by Gasteiger charge is 2.19. The SMILES string of the molecule is CC=CC(=O)N1CCCN(CC(=O)N(C)C)CC1. The lowest BCUT2D eigenvalue weighted by molar-refractivity contribution is -0.129. The number of carbonyl (C=O) groups excluding carboxylic acids is 2. The summed E-state index contributed by atoms with van der Waals surface area (Å²) in [5, 5.41) is 0. The van der Waals surface area contributed by atoms with Crippen LogP contribution in [0.2, 0.25) is 0 Å². The summed E-state index contributed by atoms with van der Waals surface area (Å²) in [5.74, 6) is 0.182. The lowest BCUT2D eigenvalue weighted by atomic mass is 10.3. The smallest absolute Gasteiger partial charge is 0.246 e. The van der Waals surface area contributed by atoms with Gasteiger partial charge in [0.2, 0.25) is 11.8 Å². The summed E-state index contributed by atoms with van der Waals surface area (Å²) in [6.07, 6.45) is 4.28. The van der Waals surface area contributed by atoms with Gasteiger partial charge in [-0.25, -0.2) is 0 Å². The van der Waals surface area contributed by atoms with Crippen LogP contribution in [-0.4, -0.2) is 73.3 Å². The molecule has 2 amide bonds. The van der Waals surface area contributed by atoms with Gasteiger partial charge in [0, 0.05) is 40.3 Å². The third-order valence-corrected chi connectivity index (χ3v) is 3.07. The van der Waals surface area contributed by atoms with Crippen LogP contribution in [0.25, 0.3) is 0 Å². The van der Waals surface area contributed by atoms with Gasteiger partial charge in [0.15, 0.2) is 0 Å². The van der Waals surface area contributed by atoms with Crippen LogP contribution < -0.4 is 0 Å². The molecule has 0 atom stereocenters. The third-order valence-electron chi connectivity index (χ3n) is 3.07. The first kappa shape index (κ1) is 14.7. The van der Waals surface area contributed by atoms with Crippen LogP contribution in [0.1, 0.15) is 13.3 Å². The number of hydrogen-bond acceptors (Lipinski definition) is 3.